The Kier molecular flexibility index (Phi) is 3.21. The summed E-state index contributed by atoms with van der Waals surface area (Å²) < 4.78 is 0. The fourth-order valence-electron chi connectivity index (χ4n) is 1.05. The second-order valence-corrected chi connectivity index (χ2v) is 2.76. The van der Waals surface area contributed by atoms with Gasteiger partial charge in [0.1, 0.15) is 11.4 Å². The number of terminal acetylenes is 1. The molecule has 14 heavy (non-hydrogen) atoms. The molecule has 0 aromatic heterocycles. The maximum atomic E-state index is 10.2. The maximum absolute atomic E-state index is 10.2. The molecule has 4 heteroatoms. The SMILES string of the molecule is C#CCC(O)c1ccc(O)c(N=O)c1. The topological polar surface area (TPSA) is 69.9 Å². The van der Waals surface area contributed by atoms with Gasteiger partial charge in [0, 0.05) is 6.42 Å². The van der Waals surface area contributed by atoms with Gasteiger partial charge in [0.05, 0.1) is 6.10 Å². The van der Waals surface area contributed by atoms with Gasteiger partial charge >= 0.3 is 0 Å². The Bertz CT molecular complexity index is 381. The summed E-state index contributed by atoms with van der Waals surface area (Å²) in [6.07, 6.45) is 4.35. The van der Waals surface area contributed by atoms with Gasteiger partial charge in [-0.2, -0.15) is 0 Å². The van der Waals surface area contributed by atoms with Crippen molar-refractivity contribution in [1.29, 1.82) is 0 Å². The van der Waals surface area contributed by atoms with Crippen molar-refractivity contribution in [3.05, 3.63) is 28.7 Å². The fourth-order valence-corrected chi connectivity index (χ4v) is 1.05. The number of benzene rings is 1. The van der Waals surface area contributed by atoms with Crippen molar-refractivity contribution in [1.82, 2.24) is 0 Å². The molecule has 0 saturated heterocycles. The number of rotatable bonds is 3. The van der Waals surface area contributed by atoms with Crippen molar-refractivity contribution < 1.29 is 10.2 Å². The van der Waals surface area contributed by atoms with Gasteiger partial charge in [0.25, 0.3) is 0 Å². The zero-order valence-electron chi connectivity index (χ0n) is 7.34. The molecule has 0 heterocycles. The van der Waals surface area contributed by atoms with Crippen LogP contribution in [-0.2, 0) is 0 Å². The Morgan fingerprint density at radius 3 is 2.86 bits per heavy atom. The van der Waals surface area contributed by atoms with Crippen LogP contribution in [0.1, 0.15) is 18.1 Å². The highest BCUT2D eigenvalue weighted by Gasteiger charge is 2.09. The fraction of sp³-hybridized carbons (Fsp3) is 0.200. The quantitative estimate of drug-likeness (QED) is 0.565. The third-order valence-corrected chi connectivity index (χ3v) is 1.79. The molecule has 0 bridgehead atoms. The lowest BCUT2D eigenvalue weighted by atomic mass is 10.1. The molecule has 1 rings (SSSR count). The predicted octanol–water partition coefficient (Wildman–Crippen LogP) is 1.85. The minimum Gasteiger partial charge on any atom is -0.506 e. The molecule has 0 aliphatic carbocycles. The summed E-state index contributed by atoms with van der Waals surface area (Å²) in [4.78, 5) is 10.2. The highest BCUT2D eigenvalue weighted by molar-refractivity contribution is 5.52. The summed E-state index contributed by atoms with van der Waals surface area (Å²) in [5, 5.41) is 21.2. The third kappa shape index (κ3) is 2.09. The van der Waals surface area contributed by atoms with Crippen LogP contribution in [0.25, 0.3) is 0 Å². The average Bonchev–Trinajstić information content (AvgIpc) is 2.19. The monoisotopic (exact) mass is 191 g/mol. The minimum atomic E-state index is -0.832. The van der Waals surface area contributed by atoms with Crippen molar-refractivity contribution in [2.45, 2.75) is 12.5 Å². The molecule has 1 unspecified atom stereocenters. The van der Waals surface area contributed by atoms with Crippen molar-refractivity contribution in [2.24, 2.45) is 5.18 Å². The van der Waals surface area contributed by atoms with Crippen LogP contribution in [0.2, 0.25) is 0 Å². The zero-order valence-corrected chi connectivity index (χ0v) is 7.34. The van der Waals surface area contributed by atoms with Gasteiger partial charge in [-0.15, -0.1) is 17.3 Å². The number of aliphatic hydroxyl groups excluding tert-OH is 1. The first kappa shape index (κ1) is 10.2. The number of nitroso groups, excluding NO2 is 1. The Hall–Kier alpha value is -1.86. The molecule has 0 saturated carbocycles. The molecule has 4 nitrogen and oxygen atoms in total. The molecule has 0 aliphatic heterocycles. The molecular weight excluding hydrogens is 182 g/mol. The molecule has 2 N–H and O–H groups in total. The van der Waals surface area contributed by atoms with E-state index >= 15 is 0 Å². The molecule has 0 radical (unpaired) electrons. The summed E-state index contributed by atoms with van der Waals surface area (Å²) in [5.74, 6) is 2.09. The maximum Gasteiger partial charge on any atom is 0.149 e. The van der Waals surface area contributed by atoms with Crippen molar-refractivity contribution >= 4 is 5.69 Å². The number of hydrogen-bond acceptors (Lipinski definition) is 4. The molecular formula is C10H9NO3. The Balaban J connectivity index is 3.01. The van der Waals surface area contributed by atoms with Crippen LogP contribution in [0.15, 0.2) is 23.4 Å². The number of hydrogen-bond donors (Lipinski definition) is 2. The molecule has 72 valence electrons. The van der Waals surface area contributed by atoms with Crippen LogP contribution in [0.4, 0.5) is 5.69 Å². The third-order valence-electron chi connectivity index (χ3n) is 1.79. The molecule has 1 aromatic rings. The van der Waals surface area contributed by atoms with Gasteiger partial charge in [-0.3, -0.25) is 0 Å². The highest BCUT2D eigenvalue weighted by atomic mass is 16.3. The Morgan fingerprint density at radius 2 is 2.29 bits per heavy atom. The summed E-state index contributed by atoms with van der Waals surface area (Å²) in [6, 6.07) is 4.10. The number of aliphatic hydroxyl groups is 1. The molecule has 0 fully saturated rings. The first-order valence-corrected chi connectivity index (χ1v) is 3.97. The van der Waals surface area contributed by atoms with E-state index in [1.165, 1.54) is 18.2 Å². The second-order valence-electron chi connectivity index (χ2n) is 2.76. The number of phenolic OH excluding ortho intramolecular Hbond substituents is 1. The number of aromatic hydroxyl groups is 1. The van der Waals surface area contributed by atoms with Gasteiger partial charge in [0.2, 0.25) is 0 Å². The highest BCUT2D eigenvalue weighted by Crippen LogP contribution is 2.29. The lowest BCUT2D eigenvalue weighted by Gasteiger charge is -2.07. The first-order valence-electron chi connectivity index (χ1n) is 3.97. The van der Waals surface area contributed by atoms with Crippen LogP contribution >= 0.6 is 0 Å². The van der Waals surface area contributed by atoms with E-state index < -0.39 is 6.10 Å². The van der Waals surface area contributed by atoms with Gasteiger partial charge < -0.3 is 10.2 Å². The Morgan fingerprint density at radius 1 is 1.57 bits per heavy atom. The van der Waals surface area contributed by atoms with E-state index in [-0.39, 0.29) is 17.9 Å². The Labute approximate surface area is 81.2 Å². The van der Waals surface area contributed by atoms with Gasteiger partial charge in [-0.25, -0.2) is 0 Å². The van der Waals surface area contributed by atoms with E-state index in [4.69, 9.17) is 11.5 Å². The number of phenols is 1. The number of nitrogens with zero attached hydrogens (tertiary/aromatic N) is 1. The molecule has 0 aliphatic rings. The second kappa shape index (κ2) is 4.40. The van der Waals surface area contributed by atoms with E-state index in [1.807, 2.05) is 0 Å². The summed E-state index contributed by atoms with van der Waals surface area (Å²) in [7, 11) is 0. The van der Waals surface area contributed by atoms with Crippen LogP contribution in [0, 0.1) is 17.3 Å². The molecule has 1 atom stereocenters. The summed E-state index contributed by atoms with van der Waals surface area (Å²) in [6.45, 7) is 0. The van der Waals surface area contributed by atoms with Crippen LogP contribution in [-0.4, -0.2) is 10.2 Å². The molecule has 1 aromatic carbocycles. The van der Waals surface area contributed by atoms with E-state index in [0.29, 0.717) is 5.56 Å². The lowest BCUT2D eigenvalue weighted by Crippen LogP contribution is -1.94. The zero-order chi connectivity index (χ0) is 10.6. The minimum absolute atomic E-state index is 0.0985. The van der Waals surface area contributed by atoms with Crippen molar-refractivity contribution in [2.75, 3.05) is 0 Å². The van der Waals surface area contributed by atoms with Gasteiger partial charge in [-0.05, 0) is 22.9 Å². The van der Waals surface area contributed by atoms with E-state index in [0.717, 1.165) is 0 Å². The van der Waals surface area contributed by atoms with Crippen LogP contribution in [0.5, 0.6) is 5.75 Å². The van der Waals surface area contributed by atoms with E-state index in [2.05, 4.69) is 11.1 Å². The predicted molar refractivity (Wildman–Crippen MR) is 52.0 cm³/mol. The molecule has 0 spiro atoms. The van der Waals surface area contributed by atoms with Crippen LogP contribution in [0.3, 0.4) is 0 Å². The lowest BCUT2D eigenvalue weighted by molar-refractivity contribution is 0.184. The molecule has 0 amide bonds. The summed E-state index contributed by atoms with van der Waals surface area (Å²) >= 11 is 0. The van der Waals surface area contributed by atoms with Crippen LogP contribution < -0.4 is 0 Å². The van der Waals surface area contributed by atoms with Crippen molar-refractivity contribution in [3.8, 4) is 18.1 Å². The van der Waals surface area contributed by atoms with Gasteiger partial charge in [-0.1, -0.05) is 6.07 Å². The van der Waals surface area contributed by atoms with E-state index in [9.17, 15) is 10.0 Å². The smallest absolute Gasteiger partial charge is 0.149 e. The van der Waals surface area contributed by atoms with Gasteiger partial charge in [0.15, 0.2) is 0 Å². The first-order chi connectivity index (χ1) is 6.69. The largest absolute Gasteiger partial charge is 0.506 e. The average molecular weight is 191 g/mol. The van der Waals surface area contributed by atoms with Crippen molar-refractivity contribution in [3.63, 3.8) is 0 Å². The normalized spacial score (nSPS) is 11.7. The standard InChI is InChI=1S/C10H9NO3/c1-2-3-9(12)7-4-5-10(13)8(6-7)11-14/h1,4-6,9,12-13H,3H2. The summed E-state index contributed by atoms with van der Waals surface area (Å²) in [5.41, 5.74) is 0.369. The van der Waals surface area contributed by atoms with E-state index in [1.54, 1.807) is 0 Å².